The third-order valence-corrected chi connectivity index (χ3v) is 2.36. The maximum Gasteiger partial charge on any atom is 0.00144 e. The quantitative estimate of drug-likeness (QED) is 0.477. The molecule has 1 aliphatic heterocycles. The van der Waals surface area contributed by atoms with Crippen LogP contribution in [0.2, 0.25) is 0 Å². The molecule has 2 atom stereocenters. The molecule has 9 heavy (non-hydrogen) atoms. The van der Waals surface area contributed by atoms with Gasteiger partial charge in [0.05, 0.1) is 0 Å². The standard InChI is InChI=1S/C8H13N/c1-2-8-5-7(1)3-4-9-6-8/h1-2,7-9H,3-6H2. The van der Waals surface area contributed by atoms with Gasteiger partial charge in [0.2, 0.25) is 0 Å². The van der Waals surface area contributed by atoms with Gasteiger partial charge < -0.3 is 5.32 Å². The molecule has 1 N–H and O–H groups in total. The average Bonchev–Trinajstić information content (AvgIpc) is 2.09. The van der Waals surface area contributed by atoms with Crippen LogP contribution in [0.5, 0.6) is 0 Å². The summed E-state index contributed by atoms with van der Waals surface area (Å²) >= 11 is 0. The van der Waals surface area contributed by atoms with Gasteiger partial charge in [0.25, 0.3) is 0 Å². The second kappa shape index (κ2) is 2.14. The van der Waals surface area contributed by atoms with Crippen LogP contribution < -0.4 is 5.32 Å². The maximum atomic E-state index is 3.43. The number of hydrogen-bond acceptors (Lipinski definition) is 1. The van der Waals surface area contributed by atoms with Gasteiger partial charge in [-0.15, -0.1) is 0 Å². The number of hydrogen-bond donors (Lipinski definition) is 1. The van der Waals surface area contributed by atoms with Gasteiger partial charge in [0.15, 0.2) is 0 Å². The molecular weight excluding hydrogens is 110 g/mol. The fraction of sp³-hybridized carbons (Fsp3) is 0.750. The smallest absolute Gasteiger partial charge is 0.00144 e. The molecule has 1 heteroatoms. The molecule has 2 unspecified atom stereocenters. The van der Waals surface area contributed by atoms with Crippen molar-refractivity contribution >= 4 is 0 Å². The van der Waals surface area contributed by atoms with Crippen molar-refractivity contribution in [1.82, 2.24) is 5.32 Å². The number of allylic oxidation sites excluding steroid dienone is 1. The summed E-state index contributed by atoms with van der Waals surface area (Å²) in [6.45, 7) is 2.44. The van der Waals surface area contributed by atoms with Crippen molar-refractivity contribution in [2.75, 3.05) is 13.1 Å². The lowest BCUT2D eigenvalue weighted by atomic mass is 10.0. The van der Waals surface area contributed by atoms with E-state index in [0.717, 1.165) is 11.8 Å². The highest BCUT2D eigenvalue weighted by atomic mass is 14.9. The lowest BCUT2D eigenvalue weighted by molar-refractivity contribution is 0.554. The summed E-state index contributed by atoms with van der Waals surface area (Å²) in [5.41, 5.74) is 0. The van der Waals surface area contributed by atoms with Gasteiger partial charge in [-0.1, -0.05) is 12.2 Å². The molecule has 2 bridgehead atoms. The molecule has 0 radical (unpaired) electrons. The molecule has 0 amide bonds. The van der Waals surface area contributed by atoms with E-state index in [1.165, 1.54) is 25.9 Å². The molecule has 0 aromatic rings. The average molecular weight is 123 g/mol. The van der Waals surface area contributed by atoms with Gasteiger partial charge >= 0.3 is 0 Å². The molecule has 1 fully saturated rings. The Morgan fingerprint density at radius 1 is 1.22 bits per heavy atom. The van der Waals surface area contributed by atoms with E-state index in [-0.39, 0.29) is 0 Å². The second-order valence-electron chi connectivity index (χ2n) is 3.13. The molecule has 1 saturated heterocycles. The summed E-state index contributed by atoms with van der Waals surface area (Å²) in [6.07, 6.45) is 7.53. The molecule has 2 aliphatic rings. The first-order valence-electron chi connectivity index (χ1n) is 3.84. The molecule has 1 heterocycles. The highest BCUT2D eigenvalue weighted by Crippen LogP contribution is 2.26. The Balaban J connectivity index is 2.08. The Hall–Kier alpha value is -0.300. The fourth-order valence-electron chi connectivity index (χ4n) is 1.80. The molecule has 50 valence electrons. The SMILES string of the molecule is C1=CC2CNCCC1C2. The van der Waals surface area contributed by atoms with E-state index in [2.05, 4.69) is 17.5 Å². The van der Waals surface area contributed by atoms with Crippen LogP contribution in [0.25, 0.3) is 0 Å². The third kappa shape index (κ3) is 1.01. The van der Waals surface area contributed by atoms with Crippen molar-refractivity contribution in [3.05, 3.63) is 12.2 Å². The molecular formula is C8H13N. The van der Waals surface area contributed by atoms with Crippen LogP contribution in [0, 0.1) is 11.8 Å². The number of fused-ring (bicyclic) bond motifs is 2. The minimum Gasteiger partial charge on any atom is -0.316 e. The first-order valence-corrected chi connectivity index (χ1v) is 3.84. The van der Waals surface area contributed by atoms with Crippen molar-refractivity contribution in [2.45, 2.75) is 12.8 Å². The predicted molar refractivity (Wildman–Crippen MR) is 38.2 cm³/mol. The van der Waals surface area contributed by atoms with Gasteiger partial charge in [-0.05, 0) is 31.2 Å². The first kappa shape index (κ1) is 5.48. The van der Waals surface area contributed by atoms with Crippen LogP contribution >= 0.6 is 0 Å². The highest BCUT2D eigenvalue weighted by molar-refractivity contribution is 5.03. The Kier molecular flexibility index (Phi) is 1.31. The highest BCUT2D eigenvalue weighted by Gasteiger charge is 2.20. The van der Waals surface area contributed by atoms with Crippen LogP contribution in [-0.4, -0.2) is 13.1 Å². The fourth-order valence-corrected chi connectivity index (χ4v) is 1.80. The first-order chi connectivity index (χ1) is 4.45. The van der Waals surface area contributed by atoms with Crippen LogP contribution in [0.15, 0.2) is 12.2 Å². The van der Waals surface area contributed by atoms with Crippen molar-refractivity contribution in [3.8, 4) is 0 Å². The molecule has 1 nitrogen and oxygen atoms in total. The van der Waals surface area contributed by atoms with E-state index in [1.807, 2.05) is 0 Å². The van der Waals surface area contributed by atoms with E-state index in [0.29, 0.717) is 0 Å². The van der Waals surface area contributed by atoms with Gasteiger partial charge in [-0.2, -0.15) is 0 Å². The van der Waals surface area contributed by atoms with E-state index in [9.17, 15) is 0 Å². The Bertz CT molecular complexity index is 115. The van der Waals surface area contributed by atoms with E-state index < -0.39 is 0 Å². The van der Waals surface area contributed by atoms with Gasteiger partial charge in [-0.25, -0.2) is 0 Å². The molecule has 0 spiro atoms. The van der Waals surface area contributed by atoms with Crippen molar-refractivity contribution < 1.29 is 0 Å². The summed E-state index contributed by atoms with van der Waals surface area (Å²) < 4.78 is 0. The molecule has 0 saturated carbocycles. The van der Waals surface area contributed by atoms with E-state index in [4.69, 9.17) is 0 Å². The number of rotatable bonds is 0. The zero-order valence-electron chi connectivity index (χ0n) is 5.64. The Labute approximate surface area is 56.1 Å². The van der Waals surface area contributed by atoms with Crippen LogP contribution in [0.3, 0.4) is 0 Å². The van der Waals surface area contributed by atoms with Crippen LogP contribution in [0.1, 0.15) is 12.8 Å². The lowest BCUT2D eigenvalue weighted by Crippen LogP contribution is -2.19. The summed E-state index contributed by atoms with van der Waals surface area (Å²) in [5.74, 6) is 1.77. The summed E-state index contributed by atoms with van der Waals surface area (Å²) in [4.78, 5) is 0. The third-order valence-electron chi connectivity index (χ3n) is 2.36. The minimum atomic E-state index is 0.859. The second-order valence-corrected chi connectivity index (χ2v) is 3.13. The predicted octanol–water partition coefficient (Wildman–Crippen LogP) is 1.17. The van der Waals surface area contributed by atoms with Gasteiger partial charge in [-0.3, -0.25) is 0 Å². The Morgan fingerprint density at radius 2 is 2.11 bits per heavy atom. The zero-order valence-corrected chi connectivity index (χ0v) is 5.64. The van der Waals surface area contributed by atoms with Gasteiger partial charge in [0, 0.05) is 6.54 Å². The maximum absolute atomic E-state index is 3.43. The van der Waals surface area contributed by atoms with E-state index >= 15 is 0 Å². The van der Waals surface area contributed by atoms with Crippen LogP contribution in [-0.2, 0) is 0 Å². The minimum absolute atomic E-state index is 0.859. The van der Waals surface area contributed by atoms with E-state index in [1.54, 1.807) is 0 Å². The molecule has 2 rings (SSSR count). The molecule has 1 aliphatic carbocycles. The Morgan fingerprint density at radius 3 is 3.11 bits per heavy atom. The topological polar surface area (TPSA) is 12.0 Å². The van der Waals surface area contributed by atoms with Crippen molar-refractivity contribution in [2.24, 2.45) is 11.8 Å². The lowest BCUT2D eigenvalue weighted by Gasteiger charge is -2.03. The van der Waals surface area contributed by atoms with Crippen LogP contribution in [0.4, 0.5) is 0 Å². The zero-order chi connectivity index (χ0) is 6.10. The monoisotopic (exact) mass is 123 g/mol. The normalized spacial score (nSPS) is 40.9. The molecule has 0 aromatic carbocycles. The summed E-state index contributed by atoms with van der Waals surface area (Å²) in [5, 5.41) is 3.43. The molecule has 0 aromatic heterocycles. The van der Waals surface area contributed by atoms with Crippen molar-refractivity contribution in [1.29, 1.82) is 0 Å². The number of nitrogens with one attached hydrogen (secondary N) is 1. The van der Waals surface area contributed by atoms with Crippen molar-refractivity contribution in [3.63, 3.8) is 0 Å². The largest absolute Gasteiger partial charge is 0.316 e. The summed E-state index contributed by atoms with van der Waals surface area (Å²) in [7, 11) is 0. The van der Waals surface area contributed by atoms with Gasteiger partial charge in [0.1, 0.15) is 0 Å². The summed E-state index contributed by atoms with van der Waals surface area (Å²) in [6, 6.07) is 0.